The second kappa shape index (κ2) is 5.39. The number of pyridine rings is 1. The summed E-state index contributed by atoms with van der Waals surface area (Å²) in [5.74, 6) is 1.24. The Labute approximate surface area is 132 Å². The molecule has 0 aliphatic rings. The number of hydrogen-bond acceptors (Lipinski definition) is 5. The largest absolute Gasteiger partial charge is 0.356 e. The number of benzene rings is 1. The van der Waals surface area contributed by atoms with E-state index in [2.05, 4.69) is 39.5 Å². The Morgan fingerprint density at radius 1 is 1.26 bits per heavy atom. The zero-order valence-electron chi connectivity index (χ0n) is 13.0. The predicted molar refractivity (Wildman–Crippen MR) is 89.7 cm³/mol. The fraction of sp³-hybridized carbons (Fsp3) is 0.235. The number of nitrogens with zero attached hydrogens (tertiary/aromatic N) is 3. The zero-order valence-corrected chi connectivity index (χ0v) is 13.0. The van der Waals surface area contributed by atoms with Crippen LogP contribution in [-0.2, 0) is 6.42 Å². The molecule has 4 aromatic rings. The second-order valence-electron chi connectivity index (χ2n) is 6.03. The molecule has 3 heterocycles. The predicted octanol–water partition coefficient (Wildman–Crippen LogP) is 4.04. The molecule has 1 aromatic carbocycles. The summed E-state index contributed by atoms with van der Waals surface area (Å²) in [6.07, 6.45) is 2.66. The molecular weight excluding hydrogens is 290 g/mol. The van der Waals surface area contributed by atoms with E-state index in [0.717, 1.165) is 39.8 Å². The highest BCUT2D eigenvalue weighted by Gasteiger charge is 2.12. The van der Waals surface area contributed by atoms with Crippen molar-refractivity contribution in [3.8, 4) is 0 Å². The van der Waals surface area contributed by atoms with E-state index in [0.29, 0.717) is 11.7 Å². The first-order valence-corrected chi connectivity index (χ1v) is 7.65. The summed E-state index contributed by atoms with van der Waals surface area (Å²) in [5, 5.41) is 15.8. The van der Waals surface area contributed by atoms with Gasteiger partial charge in [-0.3, -0.25) is 10.1 Å². The Bertz CT molecular complexity index is 969. The van der Waals surface area contributed by atoms with Crippen LogP contribution >= 0.6 is 0 Å². The first kappa shape index (κ1) is 13.8. The van der Waals surface area contributed by atoms with Crippen molar-refractivity contribution in [2.75, 3.05) is 5.32 Å². The molecule has 116 valence electrons. The number of H-pyrrole nitrogens is 1. The lowest BCUT2D eigenvalue weighted by atomic mass is 10.1. The van der Waals surface area contributed by atoms with Crippen LogP contribution in [0.3, 0.4) is 0 Å². The number of aromatic amines is 1. The van der Waals surface area contributed by atoms with Gasteiger partial charge in [-0.15, -0.1) is 0 Å². The summed E-state index contributed by atoms with van der Waals surface area (Å²) >= 11 is 0. The van der Waals surface area contributed by atoms with E-state index in [1.807, 2.05) is 30.3 Å². The minimum Gasteiger partial charge on any atom is -0.356 e. The molecule has 0 unspecified atom stereocenters. The Hall–Kier alpha value is -2.89. The van der Waals surface area contributed by atoms with Gasteiger partial charge in [-0.1, -0.05) is 19.0 Å². The normalized spacial score (nSPS) is 11.6. The van der Waals surface area contributed by atoms with Crippen LogP contribution in [0.2, 0.25) is 0 Å². The molecule has 0 radical (unpaired) electrons. The number of aromatic nitrogens is 4. The van der Waals surface area contributed by atoms with Crippen molar-refractivity contribution < 1.29 is 4.52 Å². The van der Waals surface area contributed by atoms with Gasteiger partial charge in [0, 0.05) is 23.3 Å². The van der Waals surface area contributed by atoms with Crippen molar-refractivity contribution in [3.63, 3.8) is 0 Å². The van der Waals surface area contributed by atoms with Gasteiger partial charge in [-0.25, -0.2) is 0 Å². The van der Waals surface area contributed by atoms with Gasteiger partial charge in [-0.2, -0.15) is 5.10 Å². The molecule has 0 saturated carbocycles. The third kappa shape index (κ3) is 2.52. The van der Waals surface area contributed by atoms with E-state index in [1.54, 1.807) is 6.20 Å². The standard InChI is InChI=1S/C17H17N5O/c1-10(2)8-14-12-6-5-11(9-15(12)23-22-14)19-17-16-13(20-21-17)4-3-7-18-16/h3-7,9-10H,8H2,1-2H3,(H2,19,20,21). The minimum atomic E-state index is 0.544. The maximum atomic E-state index is 5.46. The van der Waals surface area contributed by atoms with Crippen LogP contribution in [0.1, 0.15) is 19.5 Å². The molecule has 0 spiro atoms. The maximum absolute atomic E-state index is 5.46. The minimum absolute atomic E-state index is 0.544. The topological polar surface area (TPSA) is 79.6 Å². The van der Waals surface area contributed by atoms with E-state index in [1.165, 1.54) is 0 Å². The van der Waals surface area contributed by atoms with Gasteiger partial charge >= 0.3 is 0 Å². The molecule has 0 fully saturated rings. The van der Waals surface area contributed by atoms with Crippen LogP contribution < -0.4 is 5.32 Å². The van der Waals surface area contributed by atoms with Crippen molar-refractivity contribution in [2.45, 2.75) is 20.3 Å². The lowest BCUT2D eigenvalue weighted by molar-refractivity contribution is 0.439. The van der Waals surface area contributed by atoms with E-state index in [9.17, 15) is 0 Å². The van der Waals surface area contributed by atoms with Crippen LogP contribution in [0.5, 0.6) is 0 Å². The van der Waals surface area contributed by atoms with E-state index in [4.69, 9.17) is 4.52 Å². The Balaban J connectivity index is 1.67. The first-order valence-electron chi connectivity index (χ1n) is 7.65. The Morgan fingerprint density at radius 2 is 2.17 bits per heavy atom. The number of nitrogens with one attached hydrogen (secondary N) is 2. The quantitative estimate of drug-likeness (QED) is 0.595. The van der Waals surface area contributed by atoms with Gasteiger partial charge in [0.15, 0.2) is 11.4 Å². The van der Waals surface area contributed by atoms with Gasteiger partial charge < -0.3 is 9.84 Å². The van der Waals surface area contributed by atoms with E-state index < -0.39 is 0 Å². The highest BCUT2D eigenvalue weighted by atomic mass is 16.5. The molecule has 6 nitrogen and oxygen atoms in total. The van der Waals surface area contributed by atoms with Crippen LogP contribution in [0.4, 0.5) is 11.5 Å². The molecule has 0 bridgehead atoms. The number of rotatable bonds is 4. The first-order chi connectivity index (χ1) is 11.2. The van der Waals surface area contributed by atoms with Crippen LogP contribution in [0.15, 0.2) is 41.1 Å². The van der Waals surface area contributed by atoms with E-state index in [-0.39, 0.29) is 0 Å². The Kier molecular flexibility index (Phi) is 3.22. The van der Waals surface area contributed by atoms with Gasteiger partial charge in [0.25, 0.3) is 0 Å². The van der Waals surface area contributed by atoms with Crippen molar-refractivity contribution in [2.24, 2.45) is 5.92 Å². The van der Waals surface area contributed by atoms with Gasteiger partial charge in [0.2, 0.25) is 0 Å². The molecule has 0 aliphatic heterocycles. The fourth-order valence-electron chi connectivity index (χ4n) is 2.68. The summed E-state index contributed by atoms with van der Waals surface area (Å²) in [7, 11) is 0. The number of fused-ring (bicyclic) bond motifs is 2. The van der Waals surface area contributed by atoms with Crippen LogP contribution in [0.25, 0.3) is 22.0 Å². The summed E-state index contributed by atoms with van der Waals surface area (Å²) < 4.78 is 5.46. The molecule has 2 N–H and O–H groups in total. The highest BCUT2D eigenvalue weighted by Crippen LogP contribution is 2.27. The molecule has 23 heavy (non-hydrogen) atoms. The third-order valence-electron chi connectivity index (χ3n) is 3.73. The number of hydrogen-bond donors (Lipinski definition) is 2. The molecule has 3 aromatic heterocycles. The van der Waals surface area contributed by atoms with Crippen molar-refractivity contribution in [1.29, 1.82) is 0 Å². The smallest absolute Gasteiger partial charge is 0.178 e. The average molecular weight is 307 g/mol. The molecule has 0 saturated heterocycles. The van der Waals surface area contributed by atoms with Crippen LogP contribution in [-0.4, -0.2) is 20.3 Å². The van der Waals surface area contributed by atoms with Crippen LogP contribution in [0, 0.1) is 5.92 Å². The summed E-state index contributed by atoms with van der Waals surface area (Å²) in [6.45, 7) is 4.35. The Morgan fingerprint density at radius 3 is 3.04 bits per heavy atom. The number of anilines is 2. The van der Waals surface area contributed by atoms with E-state index >= 15 is 0 Å². The monoisotopic (exact) mass is 307 g/mol. The maximum Gasteiger partial charge on any atom is 0.178 e. The second-order valence-corrected chi connectivity index (χ2v) is 6.03. The van der Waals surface area contributed by atoms with Gasteiger partial charge in [0.1, 0.15) is 5.52 Å². The van der Waals surface area contributed by atoms with Gasteiger partial charge in [0.05, 0.1) is 11.2 Å². The molecule has 0 atom stereocenters. The molecule has 4 rings (SSSR count). The summed E-state index contributed by atoms with van der Waals surface area (Å²) in [4.78, 5) is 4.34. The SMILES string of the molecule is CC(C)Cc1noc2cc(Nc3n[nH]c4cccnc34)ccc12. The highest BCUT2D eigenvalue weighted by molar-refractivity contribution is 5.89. The van der Waals surface area contributed by atoms with Gasteiger partial charge in [-0.05, 0) is 36.6 Å². The molecule has 6 heteroatoms. The average Bonchev–Trinajstić information content (AvgIpc) is 3.12. The van der Waals surface area contributed by atoms with Crippen molar-refractivity contribution in [3.05, 3.63) is 42.2 Å². The molecule has 0 aliphatic carbocycles. The summed E-state index contributed by atoms with van der Waals surface area (Å²) in [5.41, 5.74) is 4.39. The fourth-order valence-corrected chi connectivity index (χ4v) is 2.68. The third-order valence-corrected chi connectivity index (χ3v) is 3.73. The lowest BCUT2D eigenvalue weighted by Gasteiger charge is -2.03. The zero-order chi connectivity index (χ0) is 15.8. The molecule has 0 amide bonds. The lowest BCUT2D eigenvalue weighted by Crippen LogP contribution is -1.94. The summed E-state index contributed by atoms with van der Waals surface area (Å²) in [6, 6.07) is 9.80. The molecular formula is C17H17N5O. The van der Waals surface area contributed by atoms with Crippen molar-refractivity contribution >= 4 is 33.5 Å². The van der Waals surface area contributed by atoms with Crippen molar-refractivity contribution in [1.82, 2.24) is 20.3 Å².